The van der Waals surface area contributed by atoms with Gasteiger partial charge in [-0.25, -0.2) is 4.79 Å². The lowest BCUT2D eigenvalue weighted by Gasteiger charge is -2.35. The first kappa shape index (κ1) is 64.5. The average molecular weight is 1170 g/mol. The minimum absolute atomic E-state index is 0.0283. The van der Waals surface area contributed by atoms with Crippen molar-refractivity contribution < 1.29 is 93.3 Å². The molecule has 6 aliphatic rings. The SMILES string of the molecule is C[C@@H](O)[C@H](NC(=O)[C@@H]1CCCN1C(=O)[C@@H]1CCCN1C(=O)[C@@H](NC(=O)[C@@H](N)CO)[C@@H](C)O)C(=O)N1CCC[C@H]1C(=O)N[C@@H](CO)C(=O)N1CCC[C@H]1C(=O)N[C@@H](CO)C(=O)N[C@H](C(=O)N1CCC[C@H]1C(=O)N1CCC[C@H]1C(=O)O)[C@@H](C)O. The van der Waals surface area contributed by atoms with Crippen LogP contribution in [0.15, 0.2) is 0 Å². The van der Waals surface area contributed by atoms with E-state index in [2.05, 4.69) is 26.6 Å². The van der Waals surface area contributed by atoms with Gasteiger partial charge in [-0.1, -0.05) is 0 Å². The molecule has 6 aliphatic heterocycles. The lowest BCUT2D eigenvalue weighted by atomic mass is 10.1. The molecule has 6 saturated heterocycles. The Morgan fingerprint density at radius 3 is 1.10 bits per heavy atom. The van der Waals surface area contributed by atoms with Gasteiger partial charge in [0.25, 0.3) is 0 Å². The summed E-state index contributed by atoms with van der Waals surface area (Å²) in [4.78, 5) is 170. The lowest BCUT2D eigenvalue weighted by Crippen LogP contribution is -2.62. The fraction of sp³-hybridized carbons (Fsp3) is 0.765. The molecule has 14 N–H and O–H groups in total. The zero-order valence-electron chi connectivity index (χ0n) is 46.3. The molecule has 0 bridgehead atoms. The van der Waals surface area contributed by atoms with E-state index in [9.17, 15) is 93.3 Å². The lowest BCUT2D eigenvalue weighted by molar-refractivity contribution is -0.153. The van der Waals surface area contributed by atoms with E-state index in [0.717, 1.165) is 14.7 Å². The number of hydrogen-bond donors (Lipinski definition) is 13. The number of nitrogens with zero attached hydrogens (tertiary/aromatic N) is 6. The first-order valence-electron chi connectivity index (χ1n) is 28.1. The summed E-state index contributed by atoms with van der Waals surface area (Å²) in [7, 11) is 0. The molecule has 11 amide bonds. The first-order valence-corrected chi connectivity index (χ1v) is 28.1. The highest BCUT2D eigenvalue weighted by Gasteiger charge is 2.49. The zero-order valence-corrected chi connectivity index (χ0v) is 46.3. The van der Waals surface area contributed by atoms with Gasteiger partial charge in [0.15, 0.2) is 0 Å². The van der Waals surface area contributed by atoms with Crippen LogP contribution in [0.3, 0.4) is 0 Å². The minimum atomic E-state index is -1.73. The van der Waals surface area contributed by atoms with Gasteiger partial charge in [0.1, 0.15) is 72.5 Å². The number of likely N-dealkylation sites (tertiary alicyclic amines) is 6. The van der Waals surface area contributed by atoms with Gasteiger partial charge in [-0.3, -0.25) is 52.7 Å². The van der Waals surface area contributed by atoms with Gasteiger partial charge in [-0.2, -0.15) is 0 Å². The number of carbonyl (C=O) groups is 12. The van der Waals surface area contributed by atoms with Crippen molar-refractivity contribution >= 4 is 70.9 Å². The van der Waals surface area contributed by atoms with Crippen molar-refractivity contribution in [3.63, 3.8) is 0 Å². The molecule has 6 fully saturated rings. The van der Waals surface area contributed by atoms with E-state index in [4.69, 9.17) is 5.73 Å². The molecule has 0 unspecified atom stereocenters. The fourth-order valence-electron chi connectivity index (χ4n) is 11.8. The van der Waals surface area contributed by atoms with Gasteiger partial charge in [-0.05, 0) is 97.8 Å². The maximum absolute atomic E-state index is 14.2. The highest BCUT2D eigenvalue weighted by Crippen LogP contribution is 2.29. The third kappa shape index (κ3) is 14.4. The van der Waals surface area contributed by atoms with Crippen molar-refractivity contribution in [1.82, 2.24) is 56.0 Å². The van der Waals surface area contributed by atoms with Crippen LogP contribution in [0.5, 0.6) is 0 Å². The summed E-state index contributed by atoms with van der Waals surface area (Å²) >= 11 is 0. The molecule has 458 valence electrons. The van der Waals surface area contributed by atoms with Crippen molar-refractivity contribution in [2.24, 2.45) is 5.73 Å². The van der Waals surface area contributed by atoms with Crippen LogP contribution in [-0.4, -0.2) is 286 Å². The summed E-state index contributed by atoms with van der Waals surface area (Å²) < 4.78 is 0. The standard InChI is InChI=1S/C51H80N12O19/c1-25(67)37(55-40(70)28(52)22-64)49(79)61-19-7-13-34(61)46(76)59-17-5-12-33(59)44(74)57-39(27(3)69)48(78)60-18-6-11-32(60)43(73)54-30(24-66)45(75)58-16-4-10-31(58)42(72)53-29(23-65)41(71)56-38(26(2)68)50(80)62-20-8-14-35(62)47(77)63-21-9-15-36(63)51(81)82/h25-39,64-69H,4-24,52H2,1-3H3,(H,53,72)(H,54,73)(H,55,70)(H,56,71)(H,57,74)(H,81,82)/t25-,26-,27-,28+,29+,30+,31+,32+,33+,34+,35+,36+,37+,38+,39+/m1/s1. The Morgan fingerprint density at radius 1 is 0.402 bits per heavy atom. The highest BCUT2D eigenvalue weighted by molar-refractivity contribution is 6.00. The number of hydrogen-bond acceptors (Lipinski definition) is 19. The third-order valence-electron chi connectivity index (χ3n) is 16.3. The number of nitrogens with two attached hydrogens (primary N) is 1. The second kappa shape index (κ2) is 28.6. The number of amides is 11. The van der Waals surface area contributed by atoms with Gasteiger partial charge in [-0.15, -0.1) is 0 Å². The Bertz CT molecular complexity index is 2410. The van der Waals surface area contributed by atoms with Gasteiger partial charge in [0.2, 0.25) is 65.0 Å². The Hall–Kier alpha value is -6.64. The Morgan fingerprint density at radius 2 is 0.707 bits per heavy atom. The minimum Gasteiger partial charge on any atom is -0.480 e. The molecule has 0 aliphatic carbocycles. The number of carbonyl (C=O) groups excluding carboxylic acids is 11. The van der Waals surface area contributed by atoms with Crippen molar-refractivity contribution in [3.8, 4) is 0 Å². The molecule has 0 aromatic heterocycles. The number of aliphatic carboxylic acids is 1. The number of carboxylic acid groups (broad SMARTS) is 1. The Kier molecular flexibility index (Phi) is 22.5. The molecule has 6 rings (SSSR count). The maximum Gasteiger partial charge on any atom is 0.326 e. The smallest absolute Gasteiger partial charge is 0.326 e. The van der Waals surface area contributed by atoms with E-state index in [1.165, 1.54) is 35.5 Å². The van der Waals surface area contributed by atoms with Crippen LogP contribution >= 0.6 is 0 Å². The third-order valence-corrected chi connectivity index (χ3v) is 16.3. The van der Waals surface area contributed by atoms with Crippen LogP contribution in [0.2, 0.25) is 0 Å². The molecule has 31 nitrogen and oxygen atoms in total. The van der Waals surface area contributed by atoms with E-state index in [-0.39, 0.29) is 90.6 Å². The van der Waals surface area contributed by atoms with Crippen LogP contribution < -0.4 is 32.3 Å². The fourth-order valence-corrected chi connectivity index (χ4v) is 11.8. The first-order chi connectivity index (χ1) is 38.9. The molecule has 6 heterocycles. The summed E-state index contributed by atoms with van der Waals surface area (Å²) in [5, 5.41) is 83.6. The summed E-state index contributed by atoms with van der Waals surface area (Å²) in [5.74, 6) is -10.5. The second-order valence-electron chi connectivity index (χ2n) is 21.9. The largest absolute Gasteiger partial charge is 0.480 e. The predicted molar refractivity (Wildman–Crippen MR) is 280 cm³/mol. The van der Waals surface area contributed by atoms with Crippen molar-refractivity contribution in [2.75, 3.05) is 59.1 Å². The highest BCUT2D eigenvalue weighted by atomic mass is 16.4. The van der Waals surface area contributed by atoms with Crippen LogP contribution in [0.25, 0.3) is 0 Å². The number of aliphatic hydroxyl groups is 6. The summed E-state index contributed by atoms with van der Waals surface area (Å²) in [6, 6.07) is -16.5. The van der Waals surface area contributed by atoms with Gasteiger partial charge in [0.05, 0.1) is 38.1 Å². The molecule has 0 saturated carbocycles. The van der Waals surface area contributed by atoms with Crippen LogP contribution in [0, 0.1) is 0 Å². The normalized spacial score (nSPS) is 26.0. The van der Waals surface area contributed by atoms with Gasteiger partial charge < -0.3 is 97.5 Å². The van der Waals surface area contributed by atoms with E-state index in [1.807, 2.05) is 0 Å². The molecule has 0 radical (unpaired) electrons. The predicted octanol–water partition coefficient (Wildman–Crippen LogP) is -8.11. The molecule has 15 atom stereocenters. The quantitative estimate of drug-likeness (QED) is 0.0452. The van der Waals surface area contributed by atoms with Crippen molar-refractivity contribution in [3.05, 3.63) is 0 Å². The number of nitrogens with one attached hydrogen (secondary N) is 5. The molecular formula is C51H80N12O19. The molecule has 82 heavy (non-hydrogen) atoms. The molecule has 31 heteroatoms. The van der Waals surface area contributed by atoms with Gasteiger partial charge >= 0.3 is 5.97 Å². The Labute approximate surface area is 472 Å². The van der Waals surface area contributed by atoms with Crippen LogP contribution in [0.1, 0.15) is 97.8 Å². The number of carboxylic acids is 1. The molecule has 0 aromatic carbocycles. The van der Waals surface area contributed by atoms with Crippen molar-refractivity contribution in [1.29, 1.82) is 0 Å². The van der Waals surface area contributed by atoms with E-state index < -0.39 is 182 Å². The maximum atomic E-state index is 14.2. The molecular weight excluding hydrogens is 1080 g/mol. The molecule has 0 spiro atoms. The van der Waals surface area contributed by atoms with E-state index >= 15 is 0 Å². The van der Waals surface area contributed by atoms with Crippen LogP contribution in [0.4, 0.5) is 0 Å². The Balaban J connectivity index is 1.05. The van der Waals surface area contributed by atoms with Crippen LogP contribution in [-0.2, 0) is 57.5 Å². The molecule has 0 aromatic rings. The second-order valence-corrected chi connectivity index (χ2v) is 21.9. The summed E-state index contributed by atoms with van der Waals surface area (Å²) in [6.45, 7) is 1.31. The topological polar surface area (TPSA) is 452 Å². The van der Waals surface area contributed by atoms with E-state index in [0.29, 0.717) is 25.7 Å². The summed E-state index contributed by atoms with van der Waals surface area (Å²) in [6.07, 6.45) is -1.55. The number of aliphatic hydroxyl groups excluding tert-OH is 6. The van der Waals surface area contributed by atoms with Crippen molar-refractivity contribution in [2.45, 2.75) is 189 Å². The average Bonchev–Trinajstić information content (AvgIpc) is 4.45. The summed E-state index contributed by atoms with van der Waals surface area (Å²) in [5.41, 5.74) is 5.59. The number of rotatable bonds is 23. The zero-order chi connectivity index (χ0) is 60.4. The monoisotopic (exact) mass is 1160 g/mol. The van der Waals surface area contributed by atoms with Gasteiger partial charge in [0, 0.05) is 39.3 Å². The van der Waals surface area contributed by atoms with E-state index in [1.54, 1.807) is 0 Å².